The largest absolute Gasteiger partial charge is 0.481 e. The molecule has 2 aromatic heterocycles. The number of pyridine rings is 1. The molecule has 1 amide bonds. The number of amides is 1. The fourth-order valence-electron chi connectivity index (χ4n) is 4.02. The van der Waals surface area contributed by atoms with Crippen LogP contribution in [-0.2, 0) is 26.8 Å². The van der Waals surface area contributed by atoms with Gasteiger partial charge in [-0.25, -0.2) is 22.9 Å². The Labute approximate surface area is 226 Å². The Hall–Kier alpha value is -3.84. The zero-order chi connectivity index (χ0) is 29.3. The molecule has 3 rings (SSSR count). The second-order valence-electron chi connectivity index (χ2n) is 10.3. The first-order valence-corrected chi connectivity index (χ1v) is 13.5. The van der Waals surface area contributed by atoms with Gasteiger partial charge in [0.25, 0.3) is 15.9 Å². The van der Waals surface area contributed by atoms with E-state index in [2.05, 4.69) is 10.1 Å². The number of carbonyl (C=O) groups is 2. The standard InChI is InChI=1S/C26H32FN5O6S/c1-15(2)18-10-17(27)11-19(20(18)12-23(33)34)16-7-8-29-22(9-16)38-14-26(3,4)32-13-21(25(35)31(5)6)24(30-32)39(28,36)37/h7-11,13,15H,12,14H2,1-6H3,(H,33,34)(H2,28,36,37). The van der Waals surface area contributed by atoms with E-state index in [1.165, 1.54) is 48.2 Å². The van der Waals surface area contributed by atoms with Crippen LogP contribution in [0.3, 0.4) is 0 Å². The Morgan fingerprint density at radius 2 is 1.90 bits per heavy atom. The van der Waals surface area contributed by atoms with Gasteiger partial charge in [0.1, 0.15) is 12.4 Å². The lowest BCUT2D eigenvalue weighted by molar-refractivity contribution is -0.136. The molecular formula is C26H32FN5O6S. The Balaban J connectivity index is 1.96. The van der Waals surface area contributed by atoms with Crippen molar-refractivity contribution in [2.75, 3.05) is 20.7 Å². The number of halogens is 1. The molecule has 13 heteroatoms. The molecule has 0 aliphatic carbocycles. The van der Waals surface area contributed by atoms with Crippen molar-refractivity contribution in [3.05, 3.63) is 59.2 Å². The van der Waals surface area contributed by atoms with Crippen molar-refractivity contribution in [3.63, 3.8) is 0 Å². The number of nitrogens with two attached hydrogens (primary N) is 1. The summed E-state index contributed by atoms with van der Waals surface area (Å²) in [5.74, 6) is -2.05. The fourth-order valence-corrected chi connectivity index (χ4v) is 4.67. The molecule has 0 spiro atoms. The van der Waals surface area contributed by atoms with Crippen molar-refractivity contribution in [3.8, 4) is 17.0 Å². The summed E-state index contributed by atoms with van der Waals surface area (Å²) in [6.45, 7) is 7.11. The van der Waals surface area contributed by atoms with Crippen LogP contribution < -0.4 is 9.88 Å². The number of carboxylic acids is 1. The summed E-state index contributed by atoms with van der Waals surface area (Å²) in [5.41, 5.74) is 0.907. The van der Waals surface area contributed by atoms with E-state index >= 15 is 0 Å². The molecule has 0 bridgehead atoms. The first-order valence-electron chi connectivity index (χ1n) is 12.0. The smallest absolute Gasteiger partial charge is 0.307 e. The van der Waals surface area contributed by atoms with Crippen molar-refractivity contribution < 1.29 is 32.2 Å². The minimum atomic E-state index is -4.29. The van der Waals surface area contributed by atoms with E-state index < -0.39 is 38.3 Å². The highest BCUT2D eigenvalue weighted by Gasteiger charge is 2.31. The highest BCUT2D eigenvalue weighted by Crippen LogP contribution is 2.33. The molecule has 0 aliphatic rings. The number of rotatable bonds is 10. The van der Waals surface area contributed by atoms with Crippen LogP contribution in [0.4, 0.5) is 4.39 Å². The minimum absolute atomic E-state index is 0.0484. The number of nitrogens with zero attached hydrogens (tertiary/aromatic N) is 4. The van der Waals surface area contributed by atoms with Gasteiger partial charge >= 0.3 is 5.97 Å². The minimum Gasteiger partial charge on any atom is -0.481 e. The van der Waals surface area contributed by atoms with E-state index in [-0.39, 0.29) is 30.4 Å². The topological polar surface area (TPSA) is 158 Å². The highest BCUT2D eigenvalue weighted by atomic mass is 32.2. The van der Waals surface area contributed by atoms with Crippen molar-refractivity contribution in [1.82, 2.24) is 19.7 Å². The van der Waals surface area contributed by atoms with Crippen molar-refractivity contribution in [1.29, 1.82) is 0 Å². The predicted octanol–water partition coefficient (Wildman–Crippen LogP) is 3.00. The Bertz CT molecular complexity index is 1510. The lowest BCUT2D eigenvalue weighted by Crippen LogP contribution is -2.34. The van der Waals surface area contributed by atoms with Crippen LogP contribution in [0.25, 0.3) is 11.1 Å². The van der Waals surface area contributed by atoms with E-state index in [4.69, 9.17) is 9.88 Å². The van der Waals surface area contributed by atoms with Gasteiger partial charge in [-0.1, -0.05) is 13.8 Å². The monoisotopic (exact) mass is 561 g/mol. The number of aliphatic carboxylic acids is 1. The Morgan fingerprint density at radius 1 is 1.23 bits per heavy atom. The average molecular weight is 562 g/mol. The maximum atomic E-state index is 14.5. The second-order valence-corrected chi connectivity index (χ2v) is 11.7. The summed E-state index contributed by atoms with van der Waals surface area (Å²) in [4.78, 5) is 29.5. The molecule has 3 aromatic rings. The molecule has 0 saturated heterocycles. The quantitative estimate of drug-likeness (QED) is 0.382. The number of hydrogen-bond acceptors (Lipinski definition) is 7. The van der Waals surface area contributed by atoms with Gasteiger partial charge in [0.2, 0.25) is 10.9 Å². The van der Waals surface area contributed by atoms with Gasteiger partial charge in [-0.3, -0.25) is 14.3 Å². The predicted molar refractivity (Wildman–Crippen MR) is 141 cm³/mol. The van der Waals surface area contributed by atoms with Crippen LogP contribution in [0.5, 0.6) is 5.88 Å². The number of carboxylic acid groups (broad SMARTS) is 1. The van der Waals surface area contributed by atoms with Crippen LogP contribution in [0, 0.1) is 5.82 Å². The SMILES string of the molecule is CC(C)c1cc(F)cc(-c2ccnc(OCC(C)(C)n3cc(C(=O)N(C)C)c(S(N)(=O)=O)n3)c2)c1CC(=O)O. The lowest BCUT2D eigenvalue weighted by atomic mass is 9.88. The van der Waals surface area contributed by atoms with Gasteiger partial charge in [0, 0.05) is 32.6 Å². The highest BCUT2D eigenvalue weighted by molar-refractivity contribution is 7.89. The van der Waals surface area contributed by atoms with Crippen LogP contribution >= 0.6 is 0 Å². The molecule has 0 unspecified atom stereocenters. The van der Waals surface area contributed by atoms with Gasteiger partial charge in [-0.2, -0.15) is 5.10 Å². The summed E-state index contributed by atoms with van der Waals surface area (Å²) in [5, 5.41) is 18.3. The number of primary sulfonamides is 1. The second kappa shape index (κ2) is 11.1. The maximum absolute atomic E-state index is 14.5. The molecular weight excluding hydrogens is 529 g/mol. The number of sulfonamides is 1. The van der Waals surface area contributed by atoms with Gasteiger partial charge in [-0.05, 0) is 60.2 Å². The van der Waals surface area contributed by atoms with E-state index in [0.29, 0.717) is 22.3 Å². The Morgan fingerprint density at radius 3 is 2.46 bits per heavy atom. The molecule has 0 saturated carbocycles. The molecule has 2 heterocycles. The van der Waals surface area contributed by atoms with Crippen molar-refractivity contribution in [2.24, 2.45) is 5.14 Å². The molecule has 3 N–H and O–H groups in total. The molecule has 0 aliphatic heterocycles. The molecule has 39 heavy (non-hydrogen) atoms. The number of hydrogen-bond donors (Lipinski definition) is 2. The Kier molecular flexibility index (Phi) is 8.46. The molecule has 210 valence electrons. The van der Waals surface area contributed by atoms with E-state index in [9.17, 15) is 27.5 Å². The van der Waals surface area contributed by atoms with Crippen LogP contribution in [0.1, 0.15) is 55.1 Å². The molecule has 0 fully saturated rings. The first-order chi connectivity index (χ1) is 18.0. The summed E-state index contributed by atoms with van der Waals surface area (Å²) < 4.78 is 45.9. The average Bonchev–Trinajstić information content (AvgIpc) is 3.30. The zero-order valence-corrected chi connectivity index (χ0v) is 23.4. The van der Waals surface area contributed by atoms with Gasteiger partial charge < -0.3 is 14.7 Å². The zero-order valence-electron chi connectivity index (χ0n) is 22.6. The molecule has 0 atom stereocenters. The first kappa shape index (κ1) is 29.7. The van der Waals surface area contributed by atoms with Crippen molar-refractivity contribution in [2.45, 2.75) is 50.6 Å². The van der Waals surface area contributed by atoms with Gasteiger partial charge in [0.05, 0.1) is 17.5 Å². The third-order valence-electron chi connectivity index (χ3n) is 6.02. The molecule has 0 radical (unpaired) electrons. The summed E-state index contributed by atoms with van der Waals surface area (Å²) >= 11 is 0. The molecule has 1 aromatic carbocycles. The van der Waals surface area contributed by atoms with Crippen LogP contribution in [-0.4, -0.2) is 65.8 Å². The maximum Gasteiger partial charge on any atom is 0.307 e. The number of ether oxygens (including phenoxy) is 1. The number of carbonyl (C=O) groups excluding carboxylic acids is 1. The van der Waals surface area contributed by atoms with Crippen LogP contribution in [0.15, 0.2) is 41.7 Å². The normalized spacial score (nSPS) is 12.0. The third-order valence-corrected chi connectivity index (χ3v) is 6.87. The fraction of sp³-hybridized carbons (Fsp3) is 0.385. The van der Waals surface area contributed by atoms with Crippen molar-refractivity contribution >= 4 is 21.9 Å². The van der Waals surface area contributed by atoms with E-state index in [1.807, 2.05) is 13.8 Å². The lowest BCUT2D eigenvalue weighted by Gasteiger charge is -2.25. The third kappa shape index (κ3) is 6.79. The van der Waals surface area contributed by atoms with E-state index in [0.717, 1.165) is 0 Å². The number of aromatic nitrogens is 3. The van der Waals surface area contributed by atoms with Gasteiger partial charge in [0.15, 0.2) is 0 Å². The van der Waals surface area contributed by atoms with Gasteiger partial charge in [-0.15, -0.1) is 0 Å². The summed E-state index contributed by atoms with van der Waals surface area (Å²) in [6, 6.07) is 5.84. The summed E-state index contributed by atoms with van der Waals surface area (Å²) in [6.07, 6.45) is 2.48. The number of benzene rings is 1. The molecule has 11 nitrogen and oxygen atoms in total. The van der Waals surface area contributed by atoms with Crippen LogP contribution in [0.2, 0.25) is 0 Å². The van der Waals surface area contributed by atoms with E-state index in [1.54, 1.807) is 26.0 Å². The summed E-state index contributed by atoms with van der Waals surface area (Å²) in [7, 11) is -1.33.